The van der Waals surface area contributed by atoms with E-state index in [1.165, 1.54) is 29.9 Å². The van der Waals surface area contributed by atoms with Crippen LogP contribution in [0.5, 0.6) is 0 Å². The zero-order valence-corrected chi connectivity index (χ0v) is 11.5. The van der Waals surface area contributed by atoms with Gasteiger partial charge in [0.1, 0.15) is 6.54 Å². The van der Waals surface area contributed by atoms with E-state index in [1.807, 2.05) is 11.8 Å². The molecule has 0 saturated heterocycles. The van der Waals surface area contributed by atoms with E-state index in [2.05, 4.69) is 0 Å². The lowest BCUT2D eigenvalue weighted by Gasteiger charge is -2.33. The van der Waals surface area contributed by atoms with Crippen LogP contribution in [0, 0.1) is 0 Å². The maximum atomic E-state index is 12.4. The molecular weight excluding hydrogens is 240 g/mol. The topological polar surface area (TPSA) is 42.3 Å². The maximum absolute atomic E-state index is 12.4. The van der Waals surface area contributed by atoms with Gasteiger partial charge in [0.05, 0.1) is 0 Å². The van der Waals surface area contributed by atoms with Crippen molar-refractivity contribution in [2.45, 2.75) is 51.6 Å². The zero-order valence-electron chi connectivity index (χ0n) is 11.5. The lowest BCUT2D eigenvalue weighted by molar-refractivity contribution is -0.134. The van der Waals surface area contributed by atoms with Crippen molar-refractivity contribution in [1.82, 2.24) is 9.47 Å². The van der Waals surface area contributed by atoms with Crippen LogP contribution in [-0.2, 0) is 11.3 Å². The van der Waals surface area contributed by atoms with Crippen LogP contribution >= 0.6 is 0 Å². The van der Waals surface area contributed by atoms with Gasteiger partial charge < -0.3 is 9.47 Å². The number of carbonyl (C=O) groups is 1. The van der Waals surface area contributed by atoms with Gasteiger partial charge in [0.15, 0.2) is 0 Å². The molecule has 0 N–H and O–H groups in total. The third kappa shape index (κ3) is 3.46. The molecule has 1 fully saturated rings. The molecule has 1 heterocycles. The number of hydrogen-bond donors (Lipinski definition) is 0. The Labute approximate surface area is 114 Å². The highest BCUT2D eigenvalue weighted by Gasteiger charge is 2.24. The number of rotatable bonds is 4. The molecule has 2 rings (SSSR count). The minimum Gasteiger partial charge on any atom is -0.338 e. The smallest absolute Gasteiger partial charge is 0.250 e. The number of carbonyl (C=O) groups excluding carboxylic acids is 1. The largest absolute Gasteiger partial charge is 0.338 e. The summed E-state index contributed by atoms with van der Waals surface area (Å²) in [6, 6.07) is 5.34. The van der Waals surface area contributed by atoms with Gasteiger partial charge in [-0.25, -0.2) is 0 Å². The number of nitrogens with zero attached hydrogens (tertiary/aromatic N) is 2. The van der Waals surface area contributed by atoms with Gasteiger partial charge in [-0.3, -0.25) is 9.59 Å². The molecular formula is C15H22N2O2. The highest BCUT2D eigenvalue weighted by Crippen LogP contribution is 2.22. The zero-order chi connectivity index (χ0) is 13.7. The molecule has 0 aromatic carbocycles. The second-order valence-corrected chi connectivity index (χ2v) is 5.14. The third-order valence-corrected chi connectivity index (χ3v) is 3.88. The predicted octanol–water partition coefficient (Wildman–Crippen LogP) is 2.03. The Balaban J connectivity index is 2.04. The van der Waals surface area contributed by atoms with Crippen LogP contribution in [0.2, 0.25) is 0 Å². The molecule has 0 spiro atoms. The molecule has 0 unspecified atom stereocenters. The SMILES string of the molecule is CCN(C(=O)Cn1ccccc1=O)C1CCCCC1. The Hall–Kier alpha value is -1.58. The van der Waals surface area contributed by atoms with Crippen molar-refractivity contribution < 1.29 is 4.79 Å². The molecule has 1 aliphatic carbocycles. The van der Waals surface area contributed by atoms with Crippen molar-refractivity contribution in [3.05, 3.63) is 34.7 Å². The fraction of sp³-hybridized carbons (Fsp3) is 0.600. The van der Waals surface area contributed by atoms with Crippen LogP contribution in [0.4, 0.5) is 0 Å². The van der Waals surface area contributed by atoms with Gasteiger partial charge in [-0.05, 0) is 25.8 Å². The van der Waals surface area contributed by atoms with Gasteiger partial charge in [-0.1, -0.05) is 25.3 Å². The van der Waals surface area contributed by atoms with Gasteiger partial charge in [-0.2, -0.15) is 0 Å². The monoisotopic (exact) mass is 262 g/mol. The van der Waals surface area contributed by atoms with Crippen molar-refractivity contribution >= 4 is 5.91 Å². The van der Waals surface area contributed by atoms with Crippen molar-refractivity contribution in [2.75, 3.05) is 6.54 Å². The second-order valence-electron chi connectivity index (χ2n) is 5.14. The molecule has 104 valence electrons. The van der Waals surface area contributed by atoms with Crippen molar-refractivity contribution in [3.63, 3.8) is 0 Å². The molecule has 1 aromatic rings. The molecule has 0 aliphatic heterocycles. The predicted molar refractivity (Wildman–Crippen MR) is 75.0 cm³/mol. The number of pyridine rings is 1. The molecule has 4 nitrogen and oxygen atoms in total. The number of likely N-dealkylation sites (N-methyl/N-ethyl adjacent to an activating group) is 1. The molecule has 0 bridgehead atoms. The van der Waals surface area contributed by atoms with E-state index in [0.29, 0.717) is 6.04 Å². The van der Waals surface area contributed by atoms with Gasteiger partial charge in [0.2, 0.25) is 5.91 Å². The van der Waals surface area contributed by atoms with E-state index in [9.17, 15) is 9.59 Å². The minimum atomic E-state index is -0.115. The number of amides is 1. The summed E-state index contributed by atoms with van der Waals surface area (Å²) in [6.07, 6.45) is 7.57. The quantitative estimate of drug-likeness (QED) is 0.833. The summed E-state index contributed by atoms with van der Waals surface area (Å²) in [5, 5.41) is 0. The number of aromatic nitrogens is 1. The van der Waals surface area contributed by atoms with Crippen molar-refractivity contribution in [1.29, 1.82) is 0 Å². The third-order valence-electron chi connectivity index (χ3n) is 3.88. The van der Waals surface area contributed by atoms with Crippen LogP contribution < -0.4 is 5.56 Å². The molecule has 4 heteroatoms. The molecule has 19 heavy (non-hydrogen) atoms. The Morgan fingerprint density at radius 2 is 2.05 bits per heavy atom. The first-order valence-electron chi connectivity index (χ1n) is 7.17. The normalized spacial score (nSPS) is 16.3. The lowest BCUT2D eigenvalue weighted by Crippen LogP contribution is -2.43. The summed E-state index contributed by atoms with van der Waals surface area (Å²) in [4.78, 5) is 25.9. The van der Waals surface area contributed by atoms with Gasteiger partial charge in [-0.15, -0.1) is 0 Å². The van der Waals surface area contributed by atoms with Crippen LogP contribution in [-0.4, -0.2) is 28.0 Å². The molecule has 1 aliphatic rings. The molecule has 1 saturated carbocycles. The van der Waals surface area contributed by atoms with E-state index in [4.69, 9.17) is 0 Å². The molecule has 0 atom stereocenters. The van der Waals surface area contributed by atoms with Gasteiger partial charge in [0.25, 0.3) is 5.56 Å². The highest BCUT2D eigenvalue weighted by molar-refractivity contribution is 5.76. The average molecular weight is 262 g/mol. The summed E-state index contributed by atoms with van der Waals surface area (Å²) in [5.74, 6) is 0.0581. The van der Waals surface area contributed by atoms with Crippen molar-refractivity contribution in [2.24, 2.45) is 0 Å². The Morgan fingerprint density at radius 3 is 2.68 bits per heavy atom. The standard InChI is InChI=1S/C15H22N2O2/c1-2-17(13-8-4-3-5-9-13)15(19)12-16-11-7-6-10-14(16)18/h6-7,10-11,13H,2-5,8-9,12H2,1H3. The second kappa shape index (κ2) is 6.55. The Bertz CT molecular complexity index is 475. The fourth-order valence-corrected chi connectivity index (χ4v) is 2.86. The van der Waals surface area contributed by atoms with E-state index < -0.39 is 0 Å². The summed E-state index contributed by atoms with van der Waals surface area (Å²) in [5.41, 5.74) is -0.115. The van der Waals surface area contributed by atoms with E-state index in [1.54, 1.807) is 18.3 Å². The van der Waals surface area contributed by atoms with E-state index >= 15 is 0 Å². The maximum Gasteiger partial charge on any atom is 0.250 e. The summed E-state index contributed by atoms with van der Waals surface area (Å²) < 4.78 is 1.48. The van der Waals surface area contributed by atoms with Crippen LogP contribution in [0.1, 0.15) is 39.0 Å². The lowest BCUT2D eigenvalue weighted by atomic mass is 9.94. The van der Waals surface area contributed by atoms with Gasteiger partial charge in [0, 0.05) is 24.8 Å². The Kier molecular flexibility index (Phi) is 4.77. The minimum absolute atomic E-state index is 0.0581. The summed E-state index contributed by atoms with van der Waals surface area (Å²) in [7, 11) is 0. The Morgan fingerprint density at radius 1 is 1.32 bits per heavy atom. The van der Waals surface area contributed by atoms with E-state index in [-0.39, 0.29) is 18.0 Å². The van der Waals surface area contributed by atoms with Crippen LogP contribution in [0.3, 0.4) is 0 Å². The summed E-state index contributed by atoms with van der Waals surface area (Å²) in [6.45, 7) is 2.90. The average Bonchev–Trinajstić information content (AvgIpc) is 2.43. The van der Waals surface area contributed by atoms with Crippen LogP contribution in [0.25, 0.3) is 0 Å². The fourth-order valence-electron chi connectivity index (χ4n) is 2.86. The van der Waals surface area contributed by atoms with Crippen molar-refractivity contribution in [3.8, 4) is 0 Å². The first kappa shape index (κ1) is 13.8. The van der Waals surface area contributed by atoms with E-state index in [0.717, 1.165) is 19.4 Å². The molecule has 1 aromatic heterocycles. The number of hydrogen-bond acceptors (Lipinski definition) is 2. The van der Waals surface area contributed by atoms with Gasteiger partial charge >= 0.3 is 0 Å². The van der Waals surface area contributed by atoms with Crippen LogP contribution in [0.15, 0.2) is 29.2 Å². The highest BCUT2D eigenvalue weighted by atomic mass is 16.2. The first-order valence-corrected chi connectivity index (χ1v) is 7.17. The molecule has 1 amide bonds. The summed E-state index contributed by atoms with van der Waals surface area (Å²) >= 11 is 0. The first-order chi connectivity index (χ1) is 9.22. The molecule has 0 radical (unpaired) electrons.